The van der Waals surface area contributed by atoms with E-state index in [1.165, 1.54) is 16.7 Å². The summed E-state index contributed by atoms with van der Waals surface area (Å²) in [6.45, 7) is 0. The van der Waals surface area contributed by atoms with Crippen molar-refractivity contribution in [2.24, 2.45) is 0 Å². The van der Waals surface area contributed by atoms with Crippen molar-refractivity contribution in [3.8, 4) is 16.9 Å². The molecule has 0 fully saturated rings. The average molecular weight is 181 g/mol. The van der Waals surface area contributed by atoms with Crippen LogP contribution in [0.1, 0.15) is 11.1 Å². The largest absolute Gasteiger partial charge is 0.508 e. The van der Waals surface area contributed by atoms with Gasteiger partial charge in [-0.1, -0.05) is 30.3 Å². The molecular formula is C13H9O. The van der Waals surface area contributed by atoms with Crippen molar-refractivity contribution in [1.82, 2.24) is 0 Å². The zero-order chi connectivity index (χ0) is 9.54. The summed E-state index contributed by atoms with van der Waals surface area (Å²) in [5, 5.41) is 9.41. The highest BCUT2D eigenvalue weighted by Crippen LogP contribution is 2.39. The first kappa shape index (κ1) is 7.63. The van der Waals surface area contributed by atoms with Crippen LogP contribution in [0.25, 0.3) is 11.1 Å². The number of hydrogen-bond donors (Lipinski definition) is 1. The number of benzene rings is 2. The molecule has 0 heterocycles. The van der Waals surface area contributed by atoms with Gasteiger partial charge in [-0.3, -0.25) is 0 Å². The van der Waals surface area contributed by atoms with Crippen molar-refractivity contribution in [2.45, 2.75) is 0 Å². The van der Waals surface area contributed by atoms with Gasteiger partial charge in [0.1, 0.15) is 5.75 Å². The van der Waals surface area contributed by atoms with Crippen LogP contribution in [0.4, 0.5) is 0 Å². The summed E-state index contributed by atoms with van der Waals surface area (Å²) in [6, 6.07) is 13.7. The summed E-state index contributed by atoms with van der Waals surface area (Å²) in [5.74, 6) is 0.328. The second-order valence-corrected chi connectivity index (χ2v) is 3.50. The van der Waals surface area contributed by atoms with Gasteiger partial charge in [-0.15, -0.1) is 0 Å². The van der Waals surface area contributed by atoms with Gasteiger partial charge in [0.15, 0.2) is 0 Å². The van der Waals surface area contributed by atoms with Gasteiger partial charge < -0.3 is 5.11 Å². The fourth-order valence-electron chi connectivity index (χ4n) is 1.94. The number of fused-ring (bicyclic) bond motifs is 3. The van der Waals surface area contributed by atoms with E-state index in [1.54, 1.807) is 6.07 Å². The second-order valence-electron chi connectivity index (χ2n) is 3.50. The zero-order valence-electron chi connectivity index (χ0n) is 7.57. The molecule has 1 nitrogen and oxygen atoms in total. The van der Waals surface area contributed by atoms with Gasteiger partial charge >= 0.3 is 0 Å². The minimum atomic E-state index is 0.328. The van der Waals surface area contributed by atoms with Gasteiger partial charge in [0.25, 0.3) is 0 Å². The number of aromatic hydroxyl groups is 1. The van der Waals surface area contributed by atoms with E-state index >= 15 is 0 Å². The highest BCUT2D eigenvalue weighted by atomic mass is 16.3. The first-order chi connectivity index (χ1) is 6.84. The van der Waals surface area contributed by atoms with Crippen LogP contribution in [0.2, 0.25) is 0 Å². The standard InChI is InChI=1S/C13H9O/c14-11-6-5-10-7-9-3-1-2-4-12(9)13(10)8-11/h1-8,14H. The highest BCUT2D eigenvalue weighted by Gasteiger charge is 2.17. The highest BCUT2D eigenvalue weighted by molar-refractivity contribution is 5.81. The summed E-state index contributed by atoms with van der Waals surface area (Å²) in [5.41, 5.74) is 4.75. The lowest BCUT2D eigenvalue weighted by Gasteiger charge is -2.00. The van der Waals surface area contributed by atoms with Crippen LogP contribution in [-0.4, -0.2) is 5.11 Å². The third-order valence-electron chi connectivity index (χ3n) is 2.60. The van der Waals surface area contributed by atoms with Crippen molar-refractivity contribution in [2.75, 3.05) is 0 Å². The summed E-state index contributed by atoms with van der Waals surface area (Å²) >= 11 is 0. The molecule has 67 valence electrons. The van der Waals surface area contributed by atoms with E-state index in [9.17, 15) is 5.11 Å². The third-order valence-corrected chi connectivity index (χ3v) is 2.60. The summed E-state index contributed by atoms with van der Waals surface area (Å²) in [6.07, 6.45) is 2.14. The quantitative estimate of drug-likeness (QED) is 0.565. The molecule has 0 aliphatic heterocycles. The molecule has 0 unspecified atom stereocenters. The summed E-state index contributed by atoms with van der Waals surface area (Å²) in [4.78, 5) is 0. The van der Waals surface area contributed by atoms with Crippen LogP contribution in [0.3, 0.4) is 0 Å². The first-order valence-corrected chi connectivity index (χ1v) is 4.62. The molecule has 0 saturated heterocycles. The third kappa shape index (κ3) is 0.956. The molecule has 0 spiro atoms. The maximum Gasteiger partial charge on any atom is 0.116 e. The monoisotopic (exact) mass is 181 g/mol. The summed E-state index contributed by atoms with van der Waals surface area (Å²) in [7, 11) is 0. The topological polar surface area (TPSA) is 20.2 Å². The van der Waals surface area contributed by atoms with Crippen molar-refractivity contribution >= 4 is 0 Å². The van der Waals surface area contributed by atoms with Gasteiger partial charge in [0, 0.05) is 6.42 Å². The molecule has 14 heavy (non-hydrogen) atoms. The van der Waals surface area contributed by atoms with E-state index in [-0.39, 0.29) is 0 Å². The fraction of sp³-hybridized carbons (Fsp3) is 0. The molecule has 0 bridgehead atoms. The van der Waals surface area contributed by atoms with E-state index in [2.05, 4.69) is 18.6 Å². The van der Waals surface area contributed by atoms with Crippen LogP contribution in [0.15, 0.2) is 42.5 Å². The van der Waals surface area contributed by atoms with Crippen molar-refractivity contribution in [3.63, 3.8) is 0 Å². The summed E-state index contributed by atoms with van der Waals surface area (Å²) < 4.78 is 0. The molecule has 2 aromatic rings. The molecule has 1 aliphatic carbocycles. The molecule has 1 heteroatoms. The molecule has 3 rings (SSSR count). The smallest absolute Gasteiger partial charge is 0.116 e. The van der Waals surface area contributed by atoms with E-state index < -0.39 is 0 Å². The second kappa shape index (κ2) is 2.61. The Labute approximate surface area is 82.6 Å². The van der Waals surface area contributed by atoms with E-state index in [1.807, 2.05) is 24.3 Å². The van der Waals surface area contributed by atoms with Gasteiger partial charge in [0.2, 0.25) is 0 Å². The van der Waals surface area contributed by atoms with E-state index in [0.29, 0.717) is 5.75 Å². The van der Waals surface area contributed by atoms with Crippen molar-refractivity contribution in [1.29, 1.82) is 0 Å². The molecule has 0 aromatic heterocycles. The Morgan fingerprint density at radius 2 is 1.57 bits per heavy atom. The fourth-order valence-corrected chi connectivity index (χ4v) is 1.94. The first-order valence-electron chi connectivity index (χ1n) is 4.62. The Balaban J connectivity index is 2.30. The Kier molecular flexibility index (Phi) is 1.42. The van der Waals surface area contributed by atoms with Gasteiger partial charge in [-0.05, 0) is 34.4 Å². The maximum absolute atomic E-state index is 9.41. The minimum Gasteiger partial charge on any atom is -0.508 e. The lowest BCUT2D eigenvalue weighted by molar-refractivity contribution is 0.475. The van der Waals surface area contributed by atoms with Crippen LogP contribution in [-0.2, 0) is 0 Å². The van der Waals surface area contributed by atoms with E-state index in [0.717, 1.165) is 5.56 Å². The molecule has 1 N–H and O–H groups in total. The van der Waals surface area contributed by atoms with Crippen LogP contribution < -0.4 is 0 Å². The normalized spacial score (nSPS) is 12.3. The van der Waals surface area contributed by atoms with E-state index in [4.69, 9.17) is 0 Å². The Morgan fingerprint density at radius 3 is 2.50 bits per heavy atom. The predicted octanol–water partition coefficient (Wildman–Crippen LogP) is 2.97. The number of phenolic OH excluding ortho intramolecular Hbond substituents is 1. The lowest BCUT2D eigenvalue weighted by atomic mass is 10.1. The number of phenols is 1. The van der Waals surface area contributed by atoms with Crippen molar-refractivity contribution < 1.29 is 5.11 Å². The number of hydrogen-bond acceptors (Lipinski definition) is 1. The lowest BCUT2D eigenvalue weighted by Crippen LogP contribution is -1.75. The average Bonchev–Trinajstić information content (AvgIpc) is 2.56. The molecule has 0 saturated carbocycles. The SMILES string of the molecule is Oc1ccc2c(c1)-c1ccccc1[CH]2. The Hall–Kier alpha value is -1.76. The van der Waals surface area contributed by atoms with Crippen LogP contribution in [0, 0.1) is 6.42 Å². The van der Waals surface area contributed by atoms with Crippen molar-refractivity contribution in [3.05, 3.63) is 60.0 Å². The molecule has 0 amide bonds. The van der Waals surface area contributed by atoms with Gasteiger partial charge in [-0.25, -0.2) is 0 Å². The molecule has 1 aliphatic rings. The molecule has 0 atom stereocenters. The van der Waals surface area contributed by atoms with Gasteiger partial charge in [-0.2, -0.15) is 0 Å². The Morgan fingerprint density at radius 1 is 0.786 bits per heavy atom. The van der Waals surface area contributed by atoms with Gasteiger partial charge in [0.05, 0.1) is 0 Å². The Bertz CT molecular complexity index is 500. The molecule has 1 radical (unpaired) electrons. The predicted molar refractivity (Wildman–Crippen MR) is 56.0 cm³/mol. The van der Waals surface area contributed by atoms with Crippen LogP contribution in [0.5, 0.6) is 5.75 Å². The minimum absolute atomic E-state index is 0.328. The molecular weight excluding hydrogens is 172 g/mol. The maximum atomic E-state index is 9.41. The molecule has 2 aromatic carbocycles. The number of rotatable bonds is 0. The van der Waals surface area contributed by atoms with Crippen LogP contribution >= 0.6 is 0 Å². The zero-order valence-corrected chi connectivity index (χ0v) is 7.57.